The summed E-state index contributed by atoms with van der Waals surface area (Å²) < 4.78 is 0. The molecular formula is C17H23Cl2N. The zero-order valence-electron chi connectivity index (χ0n) is 12.3. The van der Waals surface area contributed by atoms with Crippen LogP contribution in [0.25, 0.3) is 0 Å². The maximum atomic E-state index is 6.16. The van der Waals surface area contributed by atoms with E-state index in [1.54, 1.807) is 0 Å². The van der Waals surface area contributed by atoms with Crippen LogP contribution in [-0.4, -0.2) is 12.6 Å². The molecule has 2 aliphatic carbocycles. The van der Waals surface area contributed by atoms with Crippen LogP contribution in [0.3, 0.4) is 0 Å². The summed E-state index contributed by atoms with van der Waals surface area (Å²) in [4.78, 5) is 0. The molecule has 2 atom stereocenters. The first-order chi connectivity index (χ1) is 9.47. The van der Waals surface area contributed by atoms with Crippen LogP contribution in [0.4, 0.5) is 0 Å². The van der Waals surface area contributed by atoms with Crippen LogP contribution in [-0.2, 0) is 6.42 Å². The lowest BCUT2D eigenvalue weighted by Crippen LogP contribution is -2.38. The highest BCUT2D eigenvalue weighted by Crippen LogP contribution is 2.60. The van der Waals surface area contributed by atoms with Crippen molar-refractivity contribution in [1.29, 1.82) is 0 Å². The van der Waals surface area contributed by atoms with Crippen LogP contribution >= 0.6 is 23.2 Å². The predicted octanol–water partition coefficient (Wildman–Crippen LogP) is 4.95. The molecule has 3 heteroatoms. The number of halogens is 2. The van der Waals surface area contributed by atoms with Gasteiger partial charge in [-0.1, -0.05) is 43.1 Å². The van der Waals surface area contributed by atoms with E-state index in [1.165, 1.54) is 24.8 Å². The average Bonchev–Trinajstić information content (AvgIpc) is 3.00. The summed E-state index contributed by atoms with van der Waals surface area (Å²) >= 11 is 12.2. The Morgan fingerprint density at radius 3 is 2.50 bits per heavy atom. The molecule has 0 spiro atoms. The van der Waals surface area contributed by atoms with Crippen molar-refractivity contribution in [2.24, 2.45) is 17.3 Å². The molecule has 2 unspecified atom stereocenters. The van der Waals surface area contributed by atoms with E-state index >= 15 is 0 Å². The molecule has 0 amide bonds. The van der Waals surface area contributed by atoms with Crippen LogP contribution in [0.15, 0.2) is 18.2 Å². The van der Waals surface area contributed by atoms with Gasteiger partial charge in [0.2, 0.25) is 0 Å². The summed E-state index contributed by atoms with van der Waals surface area (Å²) in [6, 6.07) is 6.66. The number of hydrogen-bond acceptors (Lipinski definition) is 1. The van der Waals surface area contributed by atoms with E-state index in [1.807, 2.05) is 12.1 Å². The summed E-state index contributed by atoms with van der Waals surface area (Å²) in [6.07, 6.45) is 5.33. The highest BCUT2D eigenvalue weighted by atomic mass is 35.5. The zero-order chi connectivity index (χ0) is 14.3. The third-order valence-corrected chi connectivity index (χ3v) is 5.65. The SMILES string of the molecule is CC(C)NCC1(Cc2ccc(Cl)c(Cl)c2)CC2CC2C1. The Balaban J connectivity index is 1.74. The van der Waals surface area contributed by atoms with E-state index in [-0.39, 0.29) is 0 Å². The first-order valence-corrected chi connectivity index (χ1v) is 8.40. The number of hydrogen-bond donors (Lipinski definition) is 1. The molecule has 2 saturated carbocycles. The van der Waals surface area contributed by atoms with Gasteiger partial charge in [0.25, 0.3) is 0 Å². The van der Waals surface area contributed by atoms with Gasteiger partial charge < -0.3 is 5.32 Å². The first-order valence-electron chi connectivity index (χ1n) is 7.65. The third kappa shape index (κ3) is 3.16. The highest BCUT2D eigenvalue weighted by Gasteiger charge is 2.53. The van der Waals surface area contributed by atoms with Crippen LogP contribution in [0.1, 0.15) is 38.7 Å². The van der Waals surface area contributed by atoms with Crippen molar-refractivity contribution in [1.82, 2.24) is 5.32 Å². The highest BCUT2D eigenvalue weighted by molar-refractivity contribution is 6.42. The average molecular weight is 312 g/mol. The van der Waals surface area contributed by atoms with Crippen LogP contribution in [0.2, 0.25) is 10.0 Å². The zero-order valence-corrected chi connectivity index (χ0v) is 13.8. The third-order valence-electron chi connectivity index (χ3n) is 4.91. The number of fused-ring (bicyclic) bond motifs is 1. The normalized spacial score (nSPS) is 31.6. The van der Waals surface area contributed by atoms with Crippen LogP contribution < -0.4 is 5.32 Å². The van der Waals surface area contributed by atoms with Crippen LogP contribution in [0.5, 0.6) is 0 Å². The lowest BCUT2D eigenvalue weighted by Gasteiger charge is -2.32. The molecule has 3 rings (SSSR count). The lowest BCUT2D eigenvalue weighted by atomic mass is 9.77. The Labute approximate surface area is 132 Å². The van der Waals surface area contributed by atoms with Gasteiger partial charge in [-0.25, -0.2) is 0 Å². The van der Waals surface area contributed by atoms with Gasteiger partial charge in [-0.2, -0.15) is 0 Å². The summed E-state index contributed by atoms with van der Waals surface area (Å²) in [5, 5.41) is 4.99. The maximum absolute atomic E-state index is 6.16. The van der Waals surface area contributed by atoms with Gasteiger partial charge >= 0.3 is 0 Å². The fourth-order valence-corrected chi connectivity index (χ4v) is 4.18. The number of benzene rings is 1. The minimum absolute atomic E-state index is 0.426. The lowest BCUT2D eigenvalue weighted by molar-refractivity contribution is 0.241. The second-order valence-corrected chi connectivity index (χ2v) is 7.94. The Kier molecular flexibility index (Phi) is 4.05. The molecule has 0 heterocycles. The molecule has 1 N–H and O–H groups in total. The van der Waals surface area contributed by atoms with Crippen molar-refractivity contribution in [3.8, 4) is 0 Å². The maximum Gasteiger partial charge on any atom is 0.0595 e. The summed E-state index contributed by atoms with van der Waals surface area (Å²) in [5.74, 6) is 1.98. The Hall–Kier alpha value is -0.240. The van der Waals surface area contributed by atoms with Crippen molar-refractivity contribution in [2.75, 3.05) is 6.54 Å². The Morgan fingerprint density at radius 1 is 1.20 bits per heavy atom. The van der Waals surface area contributed by atoms with Crippen molar-refractivity contribution in [3.63, 3.8) is 0 Å². The predicted molar refractivity (Wildman–Crippen MR) is 86.6 cm³/mol. The fourth-order valence-electron chi connectivity index (χ4n) is 3.86. The van der Waals surface area contributed by atoms with Crippen molar-refractivity contribution < 1.29 is 0 Å². The molecule has 0 aliphatic heterocycles. The molecular weight excluding hydrogens is 289 g/mol. The number of nitrogens with one attached hydrogen (secondary N) is 1. The molecule has 0 saturated heterocycles. The van der Waals surface area contributed by atoms with E-state index in [9.17, 15) is 0 Å². The van der Waals surface area contributed by atoms with Gasteiger partial charge in [-0.05, 0) is 60.6 Å². The van der Waals surface area contributed by atoms with Crippen molar-refractivity contribution >= 4 is 23.2 Å². The minimum Gasteiger partial charge on any atom is -0.314 e. The van der Waals surface area contributed by atoms with Crippen molar-refractivity contribution in [3.05, 3.63) is 33.8 Å². The molecule has 0 bridgehead atoms. The smallest absolute Gasteiger partial charge is 0.0595 e. The van der Waals surface area contributed by atoms with Gasteiger partial charge in [0.15, 0.2) is 0 Å². The Morgan fingerprint density at radius 2 is 1.90 bits per heavy atom. The molecule has 1 aromatic carbocycles. The molecule has 20 heavy (non-hydrogen) atoms. The molecule has 2 aliphatic rings. The molecule has 0 aromatic heterocycles. The quantitative estimate of drug-likeness (QED) is 0.811. The molecule has 0 radical (unpaired) electrons. The van der Waals surface area contributed by atoms with Gasteiger partial charge in [-0.3, -0.25) is 0 Å². The monoisotopic (exact) mass is 311 g/mol. The van der Waals surface area contributed by atoms with Crippen LogP contribution in [0, 0.1) is 17.3 Å². The molecule has 1 nitrogen and oxygen atoms in total. The summed E-state index contributed by atoms with van der Waals surface area (Å²) in [7, 11) is 0. The topological polar surface area (TPSA) is 12.0 Å². The second-order valence-electron chi connectivity index (χ2n) is 7.12. The second kappa shape index (κ2) is 5.51. The summed E-state index contributed by atoms with van der Waals surface area (Å²) in [5.41, 5.74) is 1.75. The van der Waals surface area contributed by atoms with Gasteiger partial charge in [0, 0.05) is 12.6 Å². The van der Waals surface area contributed by atoms with E-state index in [0.717, 1.165) is 24.8 Å². The fraction of sp³-hybridized carbons (Fsp3) is 0.647. The largest absolute Gasteiger partial charge is 0.314 e. The van der Waals surface area contributed by atoms with E-state index in [2.05, 4.69) is 25.2 Å². The van der Waals surface area contributed by atoms with Crippen molar-refractivity contribution in [2.45, 2.75) is 45.6 Å². The minimum atomic E-state index is 0.426. The standard InChI is InChI=1S/C17H23Cl2N/c1-11(2)20-10-17(8-13-6-14(13)9-17)7-12-3-4-15(18)16(19)5-12/h3-5,11,13-14,20H,6-10H2,1-2H3. The molecule has 110 valence electrons. The van der Waals surface area contributed by atoms with E-state index < -0.39 is 0 Å². The summed E-state index contributed by atoms with van der Waals surface area (Å²) in [6.45, 7) is 5.57. The molecule has 1 aromatic rings. The molecule has 2 fully saturated rings. The van der Waals surface area contributed by atoms with E-state index in [0.29, 0.717) is 21.5 Å². The van der Waals surface area contributed by atoms with Gasteiger partial charge in [0.1, 0.15) is 0 Å². The Bertz CT molecular complexity index is 488. The van der Waals surface area contributed by atoms with E-state index in [4.69, 9.17) is 23.2 Å². The first kappa shape index (κ1) is 14.7. The van der Waals surface area contributed by atoms with Gasteiger partial charge in [0.05, 0.1) is 10.0 Å². The number of rotatable bonds is 5. The van der Waals surface area contributed by atoms with Gasteiger partial charge in [-0.15, -0.1) is 0 Å².